The molecule has 0 fully saturated rings. The van der Waals surface area contributed by atoms with Gasteiger partial charge in [-0.2, -0.15) is 0 Å². The molecule has 0 aromatic heterocycles. The summed E-state index contributed by atoms with van der Waals surface area (Å²) in [5.41, 5.74) is 7.66. The zero-order valence-corrected chi connectivity index (χ0v) is 10.3. The van der Waals surface area contributed by atoms with Crippen molar-refractivity contribution in [1.82, 2.24) is 4.90 Å². The monoisotopic (exact) mass is 224 g/mol. The fraction of sp³-hybridized carbons (Fsp3) is 0.538. The van der Waals surface area contributed by atoms with Gasteiger partial charge in [-0.15, -0.1) is 0 Å². The van der Waals surface area contributed by atoms with Gasteiger partial charge in [0.25, 0.3) is 0 Å². The second-order valence-corrected chi connectivity index (χ2v) is 4.29. The fourth-order valence-corrected chi connectivity index (χ4v) is 1.68. The Kier molecular flexibility index (Phi) is 4.90. The van der Waals surface area contributed by atoms with E-state index in [1.807, 2.05) is 0 Å². The van der Waals surface area contributed by atoms with Crippen LogP contribution in [0.4, 0.5) is 4.39 Å². The average molecular weight is 224 g/mol. The maximum absolute atomic E-state index is 13.2. The van der Waals surface area contributed by atoms with Crippen LogP contribution in [0.3, 0.4) is 0 Å². The highest BCUT2D eigenvalue weighted by molar-refractivity contribution is 5.27. The lowest BCUT2D eigenvalue weighted by molar-refractivity contribution is 0.243. The van der Waals surface area contributed by atoms with Crippen molar-refractivity contribution in [2.45, 2.75) is 39.4 Å². The highest BCUT2D eigenvalue weighted by atomic mass is 19.1. The first-order valence-corrected chi connectivity index (χ1v) is 5.76. The van der Waals surface area contributed by atoms with Crippen LogP contribution in [0.25, 0.3) is 0 Å². The van der Waals surface area contributed by atoms with Gasteiger partial charge in [0.05, 0.1) is 0 Å². The molecular formula is C13H21FN2. The Hall–Kier alpha value is -0.930. The smallest absolute Gasteiger partial charge is 0.123 e. The van der Waals surface area contributed by atoms with Gasteiger partial charge in [-0.3, -0.25) is 4.90 Å². The molecule has 0 bridgehead atoms. The molecule has 0 aliphatic carbocycles. The molecule has 90 valence electrons. The van der Waals surface area contributed by atoms with Crippen LogP contribution in [0.2, 0.25) is 0 Å². The molecule has 0 heterocycles. The maximum Gasteiger partial charge on any atom is 0.123 e. The van der Waals surface area contributed by atoms with Crippen molar-refractivity contribution in [2.24, 2.45) is 5.73 Å². The molecular weight excluding hydrogens is 203 g/mol. The summed E-state index contributed by atoms with van der Waals surface area (Å²) >= 11 is 0. The summed E-state index contributed by atoms with van der Waals surface area (Å²) in [6, 6.07) is 5.32. The first kappa shape index (κ1) is 13.1. The SMILES string of the molecule is CCC(C)N(C)Cc1cc(F)ccc1CN. The van der Waals surface area contributed by atoms with Gasteiger partial charge in [0.2, 0.25) is 0 Å². The molecule has 3 heteroatoms. The average Bonchev–Trinajstić information content (AvgIpc) is 2.28. The summed E-state index contributed by atoms with van der Waals surface area (Å²) in [5, 5.41) is 0. The standard InChI is InChI=1S/C13H21FN2/c1-4-10(2)16(3)9-12-7-13(14)6-5-11(12)8-15/h5-7,10H,4,8-9,15H2,1-3H3. The molecule has 2 N–H and O–H groups in total. The van der Waals surface area contributed by atoms with Crippen molar-refractivity contribution >= 4 is 0 Å². The molecule has 0 amide bonds. The van der Waals surface area contributed by atoms with E-state index in [2.05, 4.69) is 25.8 Å². The third-order valence-corrected chi connectivity index (χ3v) is 3.15. The molecule has 1 atom stereocenters. The third-order valence-electron chi connectivity index (χ3n) is 3.15. The number of nitrogens with two attached hydrogens (primary N) is 1. The van der Waals surface area contributed by atoms with Crippen LogP contribution < -0.4 is 5.73 Å². The second kappa shape index (κ2) is 5.97. The molecule has 0 aliphatic rings. The van der Waals surface area contributed by atoms with Crippen molar-refractivity contribution in [3.05, 3.63) is 35.1 Å². The van der Waals surface area contributed by atoms with Gasteiger partial charge in [0, 0.05) is 19.1 Å². The van der Waals surface area contributed by atoms with Crippen LogP contribution in [0, 0.1) is 5.82 Å². The van der Waals surface area contributed by atoms with E-state index >= 15 is 0 Å². The van der Waals surface area contributed by atoms with Gasteiger partial charge in [-0.05, 0) is 43.7 Å². The van der Waals surface area contributed by atoms with Gasteiger partial charge in [0.15, 0.2) is 0 Å². The Morgan fingerprint density at radius 2 is 2.06 bits per heavy atom. The van der Waals surface area contributed by atoms with E-state index in [0.717, 1.165) is 24.1 Å². The number of benzene rings is 1. The van der Waals surface area contributed by atoms with Gasteiger partial charge in [-0.1, -0.05) is 13.0 Å². The topological polar surface area (TPSA) is 29.3 Å². The quantitative estimate of drug-likeness (QED) is 0.832. The molecule has 16 heavy (non-hydrogen) atoms. The summed E-state index contributed by atoms with van der Waals surface area (Å²) in [6.07, 6.45) is 1.09. The highest BCUT2D eigenvalue weighted by Gasteiger charge is 2.10. The van der Waals surface area contributed by atoms with Crippen LogP contribution in [0.15, 0.2) is 18.2 Å². The van der Waals surface area contributed by atoms with Crippen molar-refractivity contribution in [2.75, 3.05) is 7.05 Å². The van der Waals surface area contributed by atoms with Crippen LogP contribution in [0.1, 0.15) is 31.4 Å². The summed E-state index contributed by atoms with van der Waals surface area (Å²) < 4.78 is 13.2. The predicted octanol–water partition coefficient (Wildman–Crippen LogP) is 2.51. The Balaban J connectivity index is 2.82. The third kappa shape index (κ3) is 3.29. The second-order valence-electron chi connectivity index (χ2n) is 4.29. The zero-order chi connectivity index (χ0) is 12.1. The van der Waals surface area contributed by atoms with E-state index in [-0.39, 0.29) is 5.82 Å². The van der Waals surface area contributed by atoms with E-state index in [1.54, 1.807) is 12.1 Å². The van der Waals surface area contributed by atoms with Crippen molar-refractivity contribution in [3.8, 4) is 0 Å². The number of hydrogen-bond donors (Lipinski definition) is 1. The van der Waals surface area contributed by atoms with E-state index in [4.69, 9.17) is 5.73 Å². The van der Waals surface area contributed by atoms with E-state index in [9.17, 15) is 4.39 Å². The van der Waals surface area contributed by atoms with Crippen LogP contribution in [-0.2, 0) is 13.1 Å². The Labute approximate surface area is 97.3 Å². The lowest BCUT2D eigenvalue weighted by atomic mass is 10.1. The molecule has 0 saturated heterocycles. The number of hydrogen-bond acceptors (Lipinski definition) is 2. The van der Waals surface area contributed by atoms with Crippen LogP contribution >= 0.6 is 0 Å². The summed E-state index contributed by atoms with van der Waals surface area (Å²) in [7, 11) is 2.05. The molecule has 0 radical (unpaired) electrons. The van der Waals surface area contributed by atoms with Gasteiger partial charge < -0.3 is 5.73 Å². The molecule has 0 saturated carbocycles. The first-order valence-electron chi connectivity index (χ1n) is 5.76. The summed E-state index contributed by atoms with van der Waals surface area (Å²) in [6.45, 7) is 5.53. The Bertz CT molecular complexity index is 339. The molecule has 1 aromatic carbocycles. The molecule has 0 spiro atoms. The van der Waals surface area contributed by atoms with Gasteiger partial charge in [0.1, 0.15) is 5.82 Å². The van der Waals surface area contributed by atoms with E-state index < -0.39 is 0 Å². The summed E-state index contributed by atoms with van der Waals surface area (Å²) in [5.74, 6) is -0.190. The lowest BCUT2D eigenvalue weighted by Gasteiger charge is -2.24. The predicted molar refractivity (Wildman–Crippen MR) is 65.5 cm³/mol. The van der Waals surface area contributed by atoms with Crippen molar-refractivity contribution < 1.29 is 4.39 Å². The molecule has 1 aromatic rings. The Morgan fingerprint density at radius 1 is 1.38 bits per heavy atom. The lowest BCUT2D eigenvalue weighted by Crippen LogP contribution is -2.28. The number of halogens is 1. The molecule has 2 nitrogen and oxygen atoms in total. The van der Waals surface area contributed by atoms with Crippen molar-refractivity contribution in [1.29, 1.82) is 0 Å². The number of rotatable bonds is 5. The van der Waals surface area contributed by atoms with Crippen LogP contribution in [0.5, 0.6) is 0 Å². The maximum atomic E-state index is 13.2. The minimum Gasteiger partial charge on any atom is -0.326 e. The highest BCUT2D eigenvalue weighted by Crippen LogP contribution is 2.14. The van der Waals surface area contributed by atoms with Crippen molar-refractivity contribution in [3.63, 3.8) is 0 Å². The summed E-state index contributed by atoms with van der Waals surface area (Å²) in [4.78, 5) is 2.22. The molecule has 1 unspecified atom stereocenters. The molecule has 1 rings (SSSR count). The van der Waals surface area contributed by atoms with E-state index in [1.165, 1.54) is 6.07 Å². The molecule has 0 aliphatic heterocycles. The largest absolute Gasteiger partial charge is 0.326 e. The number of nitrogens with zero attached hydrogens (tertiary/aromatic N) is 1. The first-order chi connectivity index (χ1) is 7.58. The van der Waals surface area contributed by atoms with Crippen LogP contribution in [-0.4, -0.2) is 18.0 Å². The van der Waals surface area contributed by atoms with Gasteiger partial charge >= 0.3 is 0 Å². The minimum atomic E-state index is -0.190. The van der Waals surface area contributed by atoms with Gasteiger partial charge in [-0.25, -0.2) is 4.39 Å². The minimum absolute atomic E-state index is 0.190. The fourth-order valence-electron chi connectivity index (χ4n) is 1.68. The van der Waals surface area contributed by atoms with E-state index in [0.29, 0.717) is 12.6 Å². The zero-order valence-electron chi connectivity index (χ0n) is 10.3. The Morgan fingerprint density at radius 3 is 2.62 bits per heavy atom. The normalized spacial score (nSPS) is 13.1.